The van der Waals surface area contributed by atoms with Crippen molar-refractivity contribution in [1.29, 1.82) is 0 Å². The number of nitrogens with zero attached hydrogens (tertiary/aromatic N) is 2. The van der Waals surface area contributed by atoms with Crippen LogP contribution in [0.3, 0.4) is 0 Å². The van der Waals surface area contributed by atoms with Crippen LogP contribution in [0.2, 0.25) is 0 Å². The van der Waals surface area contributed by atoms with Crippen molar-refractivity contribution in [2.45, 2.75) is 12.3 Å². The van der Waals surface area contributed by atoms with Crippen LogP contribution in [0.15, 0.2) is 78.5 Å². The van der Waals surface area contributed by atoms with Crippen molar-refractivity contribution >= 4 is 5.69 Å². The molecular weight excluding hydrogens is 304 g/mol. The monoisotopic (exact) mass is 332 g/mol. The lowest BCUT2D eigenvalue weighted by atomic mass is 9.77. The van der Waals surface area contributed by atoms with Gasteiger partial charge in [-0.15, -0.1) is 0 Å². The average Bonchev–Trinajstić information content (AvgIpc) is 2.64. The molecule has 2 heteroatoms. The van der Waals surface area contributed by atoms with Gasteiger partial charge in [0.05, 0.1) is 0 Å². The van der Waals surface area contributed by atoms with Gasteiger partial charge in [0, 0.05) is 45.5 Å². The first-order chi connectivity index (χ1) is 12.1. The molecule has 0 saturated heterocycles. The molecule has 2 nitrogen and oxygen atoms in total. The molecule has 2 unspecified atom stereocenters. The van der Waals surface area contributed by atoms with E-state index in [1.54, 1.807) is 0 Å². The molecule has 2 atom stereocenters. The highest BCUT2D eigenvalue weighted by molar-refractivity contribution is 5.48. The second kappa shape index (κ2) is 7.60. The van der Waals surface area contributed by atoms with Crippen LogP contribution in [0, 0.1) is 5.92 Å². The van der Waals surface area contributed by atoms with Crippen molar-refractivity contribution in [3.05, 3.63) is 89.6 Å². The molecule has 2 aromatic carbocycles. The fraction of sp³-hybridized carbons (Fsp3) is 0.304. The first kappa shape index (κ1) is 17.3. The summed E-state index contributed by atoms with van der Waals surface area (Å²) >= 11 is 0. The zero-order valence-corrected chi connectivity index (χ0v) is 15.7. The second-order valence-electron chi connectivity index (χ2n) is 7.16. The number of allylic oxidation sites excluding steroid dienone is 3. The quantitative estimate of drug-likeness (QED) is 0.768. The van der Waals surface area contributed by atoms with Crippen molar-refractivity contribution < 1.29 is 0 Å². The standard InChI is InChI=1S/C23H28N2/c1-24(2)21-14-10-19(11-15-21)23(18-8-6-5-7-9-18)20-12-16-22(17-13-20)25(3)4/h5-12,14-17,20,23H,13H2,1-4H3. The van der Waals surface area contributed by atoms with Crippen molar-refractivity contribution in [2.24, 2.45) is 5.92 Å². The van der Waals surface area contributed by atoms with Crippen molar-refractivity contribution in [3.63, 3.8) is 0 Å². The highest BCUT2D eigenvalue weighted by Crippen LogP contribution is 2.37. The van der Waals surface area contributed by atoms with Crippen LogP contribution in [0.4, 0.5) is 5.69 Å². The van der Waals surface area contributed by atoms with Crippen molar-refractivity contribution in [1.82, 2.24) is 4.90 Å². The molecule has 0 aromatic heterocycles. The first-order valence-corrected chi connectivity index (χ1v) is 8.94. The Morgan fingerprint density at radius 3 is 1.96 bits per heavy atom. The highest BCUT2D eigenvalue weighted by atomic mass is 15.1. The highest BCUT2D eigenvalue weighted by Gasteiger charge is 2.24. The zero-order chi connectivity index (χ0) is 17.8. The van der Waals surface area contributed by atoms with Crippen molar-refractivity contribution in [3.8, 4) is 0 Å². The number of benzene rings is 2. The van der Waals surface area contributed by atoms with E-state index in [0.29, 0.717) is 11.8 Å². The number of rotatable bonds is 5. The van der Waals surface area contributed by atoms with E-state index in [2.05, 4.69) is 111 Å². The molecule has 0 amide bonds. The molecule has 3 rings (SSSR count). The molecule has 0 aliphatic heterocycles. The van der Waals surface area contributed by atoms with E-state index in [1.807, 2.05) is 0 Å². The Balaban J connectivity index is 1.93. The predicted molar refractivity (Wildman–Crippen MR) is 108 cm³/mol. The van der Waals surface area contributed by atoms with Gasteiger partial charge >= 0.3 is 0 Å². The summed E-state index contributed by atoms with van der Waals surface area (Å²) in [6, 6.07) is 19.9. The van der Waals surface area contributed by atoms with Gasteiger partial charge < -0.3 is 9.80 Å². The Morgan fingerprint density at radius 2 is 1.44 bits per heavy atom. The number of hydrogen-bond donors (Lipinski definition) is 0. The van der Waals surface area contributed by atoms with Gasteiger partial charge in [-0.3, -0.25) is 0 Å². The maximum absolute atomic E-state index is 2.38. The Labute approximate surface area is 152 Å². The molecule has 0 saturated carbocycles. The summed E-state index contributed by atoms with van der Waals surface area (Å²) in [5, 5.41) is 0. The maximum atomic E-state index is 2.38. The Kier molecular flexibility index (Phi) is 5.28. The van der Waals surface area contributed by atoms with Gasteiger partial charge in [0.15, 0.2) is 0 Å². The molecule has 1 aliphatic carbocycles. The van der Waals surface area contributed by atoms with Gasteiger partial charge in [-0.1, -0.05) is 54.6 Å². The lowest BCUT2D eigenvalue weighted by Gasteiger charge is -2.29. The van der Waals surface area contributed by atoms with Crippen LogP contribution in [0.5, 0.6) is 0 Å². The second-order valence-corrected chi connectivity index (χ2v) is 7.16. The molecule has 0 radical (unpaired) electrons. The molecule has 25 heavy (non-hydrogen) atoms. The molecule has 0 spiro atoms. The van der Waals surface area contributed by atoms with Crippen LogP contribution in [-0.4, -0.2) is 33.1 Å². The third-order valence-corrected chi connectivity index (χ3v) is 4.99. The van der Waals surface area contributed by atoms with E-state index in [4.69, 9.17) is 0 Å². The Hall–Kier alpha value is -2.48. The number of anilines is 1. The third-order valence-electron chi connectivity index (χ3n) is 4.99. The third kappa shape index (κ3) is 3.96. The lowest BCUT2D eigenvalue weighted by Crippen LogP contribution is -2.18. The SMILES string of the molecule is CN(C)C1=CCC(C(c2ccccc2)c2ccc(N(C)C)cc2)C=C1. The fourth-order valence-electron chi connectivity index (χ4n) is 3.53. The summed E-state index contributed by atoms with van der Waals surface area (Å²) in [6.45, 7) is 0. The molecular formula is C23H28N2. The summed E-state index contributed by atoms with van der Waals surface area (Å²) in [7, 11) is 8.37. The van der Waals surface area contributed by atoms with Gasteiger partial charge in [0.2, 0.25) is 0 Å². The Morgan fingerprint density at radius 1 is 0.800 bits per heavy atom. The number of likely N-dealkylation sites (N-methyl/N-ethyl adjacent to an activating group) is 1. The van der Waals surface area contributed by atoms with E-state index in [1.165, 1.54) is 22.5 Å². The zero-order valence-electron chi connectivity index (χ0n) is 15.7. The van der Waals surface area contributed by atoms with Gasteiger partial charge in [-0.2, -0.15) is 0 Å². The minimum absolute atomic E-state index is 0.383. The van der Waals surface area contributed by atoms with E-state index < -0.39 is 0 Å². The largest absolute Gasteiger partial charge is 0.378 e. The van der Waals surface area contributed by atoms with Crippen LogP contribution in [0.25, 0.3) is 0 Å². The first-order valence-electron chi connectivity index (χ1n) is 8.94. The summed E-state index contributed by atoms with van der Waals surface area (Å²) in [5.41, 5.74) is 5.31. The summed E-state index contributed by atoms with van der Waals surface area (Å²) in [4.78, 5) is 4.32. The minimum atomic E-state index is 0.383. The smallest absolute Gasteiger partial charge is 0.0361 e. The van der Waals surface area contributed by atoms with Gasteiger partial charge in [-0.25, -0.2) is 0 Å². The van der Waals surface area contributed by atoms with E-state index in [0.717, 1.165) is 6.42 Å². The lowest BCUT2D eigenvalue weighted by molar-refractivity contribution is 0.501. The fourth-order valence-corrected chi connectivity index (χ4v) is 3.53. The predicted octanol–water partition coefficient (Wildman–Crippen LogP) is 4.91. The van der Waals surface area contributed by atoms with Crippen LogP contribution >= 0.6 is 0 Å². The molecule has 0 heterocycles. The topological polar surface area (TPSA) is 6.48 Å². The van der Waals surface area contributed by atoms with Crippen molar-refractivity contribution in [2.75, 3.05) is 33.1 Å². The summed E-state index contributed by atoms with van der Waals surface area (Å²) < 4.78 is 0. The summed E-state index contributed by atoms with van der Waals surface area (Å²) in [6.07, 6.45) is 8.07. The molecule has 130 valence electrons. The van der Waals surface area contributed by atoms with E-state index in [-0.39, 0.29) is 0 Å². The van der Waals surface area contributed by atoms with E-state index >= 15 is 0 Å². The summed E-state index contributed by atoms with van der Waals surface area (Å²) in [5.74, 6) is 0.866. The minimum Gasteiger partial charge on any atom is -0.378 e. The Bertz CT molecular complexity index is 739. The van der Waals surface area contributed by atoms with Gasteiger partial charge in [0.25, 0.3) is 0 Å². The van der Waals surface area contributed by atoms with E-state index in [9.17, 15) is 0 Å². The molecule has 0 N–H and O–H groups in total. The van der Waals surface area contributed by atoms with Crippen LogP contribution in [-0.2, 0) is 0 Å². The average molecular weight is 332 g/mol. The maximum Gasteiger partial charge on any atom is 0.0361 e. The van der Waals surface area contributed by atoms with Gasteiger partial charge in [0.1, 0.15) is 0 Å². The van der Waals surface area contributed by atoms with Crippen LogP contribution in [0.1, 0.15) is 23.5 Å². The van der Waals surface area contributed by atoms with Crippen LogP contribution < -0.4 is 4.90 Å². The molecule has 2 aromatic rings. The normalized spacial score (nSPS) is 17.8. The molecule has 0 fully saturated rings. The number of hydrogen-bond acceptors (Lipinski definition) is 2. The van der Waals surface area contributed by atoms with Gasteiger partial charge in [-0.05, 0) is 41.7 Å². The molecule has 1 aliphatic rings. The molecule has 0 bridgehead atoms.